The van der Waals surface area contributed by atoms with Crippen LogP contribution in [-0.4, -0.2) is 45.3 Å². The summed E-state index contributed by atoms with van der Waals surface area (Å²) in [5.41, 5.74) is -0.182. The van der Waals surface area contributed by atoms with Crippen LogP contribution in [0.15, 0.2) is 12.1 Å². The molecule has 0 bridgehead atoms. The van der Waals surface area contributed by atoms with E-state index in [1.165, 1.54) is 17.8 Å². The lowest BCUT2D eigenvalue weighted by Gasteiger charge is -2.21. The monoisotopic (exact) mass is 290 g/mol. The summed E-state index contributed by atoms with van der Waals surface area (Å²) in [7, 11) is 0. The summed E-state index contributed by atoms with van der Waals surface area (Å²) in [6.07, 6.45) is 1.90. The van der Waals surface area contributed by atoms with Gasteiger partial charge in [0.25, 0.3) is 0 Å². The number of pyridine rings is 1. The van der Waals surface area contributed by atoms with Crippen molar-refractivity contribution in [2.45, 2.75) is 18.2 Å². The van der Waals surface area contributed by atoms with Gasteiger partial charge in [0, 0.05) is 11.3 Å². The van der Waals surface area contributed by atoms with Gasteiger partial charge in [0.1, 0.15) is 5.82 Å². The van der Waals surface area contributed by atoms with Crippen molar-refractivity contribution in [1.82, 2.24) is 4.98 Å². The molecule has 0 aliphatic heterocycles. The van der Waals surface area contributed by atoms with Crippen LogP contribution in [0.25, 0.3) is 0 Å². The van der Waals surface area contributed by atoms with E-state index in [2.05, 4.69) is 10.3 Å². The Morgan fingerprint density at radius 1 is 1.61 bits per heavy atom. The molecule has 0 aliphatic carbocycles. The molecule has 0 aromatic carbocycles. The van der Waals surface area contributed by atoms with Crippen molar-refractivity contribution < 1.29 is 15.0 Å². The van der Waals surface area contributed by atoms with Crippen LogP contribution in [0.1, 0.15) is 17.4 Å². The largest absolute Gasteiger partial charge is 0.476 e. The first-order valence-electron chi connectivity index (χ1n) is 5.29. The van der Waals surface area contributed by atoms with E-state index in [0.29, 0.717) is 5.82 Å². The second-order valence-corrected chi connectivity index (χ2v) is 5.21. The predicted octanol–water partition coefficient (Wildman–Crippen LogP) is 1.96. The number of carboxylic acids is 1. The molecule has 0 amide bonds. The van der Waals surface area contributed by atoms with Gasteiger partial charge >= 0.3 is 5.97 Å². The molecular weight excluding hydrogens is 276 g/mol. The molecule has 3 N–H and O–H groups in total. The normalized spacial score (nSPS) is 14.0. The average Bonchev–Trinajstić information content (AvgIpc) is 2.32. The third-order valence-electron chi connectivity index (χ3n) is 2.46. The Balaban J connectivity index is 2.85. The van der Waals surface area contributed by atoms with Gasteiger partial charge in [-0.2, -0.15) is 11.8 Å². The lowest BCUT2D eigenvalue weighted by Crippen LogP contribution is -2.31. The van der Waals surface area contributed by atoms with Gasteiger partial charge in [-0.25, -0.2) is 9.78 Å². The topological polar surface area (TPSA) is 82.5 Å². The molecule has 1 rings (SSSR count). The summed E-state index contributed by atoms with van der Waals surface area (Å²) in [6, 6.07) is 3.06. The Morgan fingerprint density at radius 3 is 2.78 bits per heavy atom. The summed E-state index contributed by atoms with van der Waals surface area (Å²) in [5.74, 6) is -0.739. The number of nitrogens with zero attached hydrogens (tertiary/aromatic N) is 1. The van der Waals surface area contributed by atoms with E-state index >= 15 is 0 Å². The Kier molecular flexibility index (Phi) is 5.71. The molecule has 0 fully saturated rings. The summed E-state index contributed by atoms with van der Waals surface area (Å²) in [4.78, 5) is 14.8. The van der Waals surface area contributed by atoms with E-state index in [9.17, 15) is 4.79 Å². The molecule has 100 valence electrons. The number of thioether (sulfide) groups is 1. The first kappa shape index (κ1) is 15.1. The number of nitrogens with one attached hydrogen (secondary N) is 1. The third kappa shape index (κ3) is 3.76. The standard InChI is InChI=1S/C11H15ClN2O3S/c1-6(8(5-15)18-2)13-9-4-3-7(12)10(14-9)11(16)17/h3-4,6,8,15H,5H2,1-2H3,(H,13,14)(H,16,17). The lowest BCUT2D eigenvalue weighted by molar-refractivity contribution is 0.0691. The van der Waals surface area contributed by atoms with E-state index in [-0.39, 0.29) is 28.6 Å². The van der Waals surface area contributed by atoms with Crippen LogP contribution in [0.4, 0.5) is 5.82 Å². The fourth-order valence-electron chi connectivity index (χ4n) is 1.44. The maximum absolute atomic E-state index is 10.9. The molecule has 7 heteroatoms. The summed E-state index contributed by atoms with van der Waals surface area (Å²) < 4.78 is 0. The summed E-state index contributed by atoms with van der Waals surface area (Å²) in [5, 5.41) is 21.2. The molecular formula is C11H15ClN2O3S. The second-order valence-electron chi connectivity index (χ2n) is 3.72. The molecule has 0 radical (unpaired) electrons. The van der Waals surface area contributed by atoms with Crippen molar-refractivity contribution in [2.24, 2.45) is 0 Å². The van der Waals surface area contributed by atoms with Gasteiger partial charge in [-0.1, -0.05) is 11.6 Å². The first-order valence-corrected chi connectivity index (χ1v) is 6.96. The lowest BCUT2D eigenvalue weighted by atomic mass is 10.2. The SMILES string of the molecule is CSC(CO)C(C)Nc1ccc(Cl)c(C(=O)O)n1. The highest BCUT2D eigenvalue weighted by Crippen LogP contribution is 2.19. The van der Waals surface area contributed by atoms with Gasteiger partial charge in [-0.3, -0.25) is 0 Å². The van der Waals surface area contributed by atoms with Crippen molar-refractivity contribution in [1.29, 1.82) is 0 Å². The highest BCUT2D eigenvalue weighted by atomic mass is 35.5. The van der Waals surface area contributed by atoms with Crippen LogP contribution < -0.4 is 5.32 Å². The Morgan fingerprint density at radius 2 is 2.28 bits per heavy atom. The van der Waals surface area contributed by atoms with Crippen LogP contribution >= 0.6 is 23.4 Å². The zero-order valence-corrected chi connectivity index (χ0v) is 11.6. The van der Waals surface area contributed by atoms with E-state index in [4.69, 9.17) is 21.8 Å². The van der Waals surface area contributed by atoms with Gasteiger partial charge in [0.15, 0.2) is 5.69 Å². The number of aromatic nitrogens is 1. The molecule has 0 spiro atoms. The van der Waals surface area contributed by atoms with E-state index in [1.807, 2.05) is 13.2 Å². The first-order chi connectivity index (χ1) is 8.49. The zero-order chi connectivity index (χ0) is 13.7. The van der Waals surface area contributed by atoms with Crippen LogP contribution in [0.5, 0.6) is 0 Å². The molecule has 1 aromatic rings. The van der Waals surface area contributed by atoms with Gasteiger partial charge in [-0.15, -0.1) is 0 Å². The number of anilines is 1. The number of carboxylic acid groups (broad SMARTS) is 1. The number of halogens is 1. The molecule has 2 unspecified atom stereocenters. The maximum Gasteiger partial charge on any atom is 0.356 e. The average molecular weight is 291 g/mol. The maximum atomic E-state index is 10.9. The molecule has 0 aliphatic rings. The quantitative estimate of drug-likeness (QED) is 0.743. The molecule has 1 aromatic heterocycles. The van der Waals surface area contributed by atoms with Crippen molar-refractivity contribution in [2.75, 3.05) is 18.2 Å². The highest BCUT2D eigenvalue weighted by Gasteiger charge is 2.17. The van der Waals surface area contributed by atoms with Gasteiger partial charge in [0.2, 0.25) is 0 Å². The summed E-state index contributed by atoms with van der Waals surface area (Å²) in [6.45, 7) is 1.93. The smallest absolute Gasteiger partial charge is 0.356 e. The van der Waals surface area contributed by atoms with Crippen molar-refractivity contribution in [3.8, 4) is 0 Å². The minimum atomic E-state index is -1.17. The van der Waals surface area contributed by atoms with Gasteiger partial charge in [-0.05, 0) is 25.3 Å². The molecule has 0 saturated heterocycles. The van der Waals surface area contributed by atoms with Gasteiger partial charge in [0.05, 0.1) is 11.6 Å². The minimum absolute atomic E-state index is 0.00996. The highest BCUT2D eigenvalue weighted by molar-refractivity contribution is 7.99. The van der Waals surface area contributed by atoms with Crippen LogP contribution in [0.3, 0.4) is 0 Å². The van der Waals surface area contributed by atoms with Crippen molar-refractivity contribution in [3.63, 3.8) is 0 Å². The Bertz CT molecular complexity index is 427. The molecule has 5 nitrogen and oxygen atoms in total. The van der Waals surface area contributed by atoms with Crippen LogP contribution in [0, 0.1) is 0 Å². The molecule has 0 saturated carbocycles. The number of hydrogen-bond donors (Lipinski definition) is 3. The number of hydrogen-bond acceptors (Lipinski definition) is 5. The fraction of sp³-hybridized carbons (Fsp3) is 0.455. The number of aliphatic hydroxyl groups excluding tert-OH is 1. The molecule has 18 heavy (non-hydrogen) atoms. The fourth-order valence-corrected chi connectivity index (χ4v) is 2.25. The number of rotatable bonds is 6. The third-order valence-corrected chi connectivity index (χ3v) is 3.93. The molecule has 2 atom stereocenters. The van der Waals surface area contributed by atoms with Gasteiger partial charge < -0.3 is 15.5 Å². The van der Waals surface area contributed by atoms with Crippen LogP contribution in [-0.2, 0) is 0 Å². The minimum Gasteiger partial charge on any atom is -0.476 e. The second kappa shape index (κ2) is 6.82. The number of aliphatic hydroxyl groups is 1. The Hall–Kier alpha value is -0.980. The van der Waals surface area contributed by atoms with Crippen molar-refractivity contribution in [3.05, 3.63) is 22.8 Å². The number of carbonyl (C=O) groups is 1. The predicted molar refractivity (Wildman–Crippen MR) is 73.7 cm³/mol. The Labute approximate surface area is 115 Å². The van der Waals surface area contributed by atoms with Crippen molar-refractivity contribution >= 4 is 35.1 Å². The van der Waals surface area contributed by atoms with E-state index in [0.717, 1.165) is 0 Å². The van der Waals surface area contributed by atoms with E-state index < -0.39 is 5.97 Å². The van der Waals surface area contributed by atoms with E-state index in [1.54, 1.807) is 6.07 Å². The number of aromatic carboxylic acids is 1. The molecule has 1 heterocycles. The van der Waals surface area contributed by atoms with Crippen LogP contribution in [0.2, 0.25) is 5.02 Å². The zero-order valence-electron chi connectivity index (χ0n) is 10.1. The summed E-state index contributed by atoms with van der Waals surface area (Å²) >= 11 is 7.26.